The van der Waals surface area contributed by atoms with Crippen LogP contribution in [0.4, 0.5) is 5.69 Å². The van der Waals surface area contributed by atoms with Gasteiger partial charge in [0.25, 0.3) is 5.91 Å². The zero-order chi connectivity index (χ0) is 18.4. The average molecular weight is 360 g/mol. The minimum absolute atomic E-state index is 0.000955. The highest BCUT2D eigenvalue weighted by Crippen LogP contribution is 2.23. The summed E-state index contributed by atoms with van der Waals surface area (Å²) in [5.74, 6) is 0.234. The summed E-state index contributed by atoms with van der Waals surface area (Å²) in [4.78, 5) is 31.9. The lowest BCUT2D eigenvalue weighted by Crippen LogP contribution is -2.53. The van der Waals surface area contributed by atoms with Crippen molar-refractivity contribution in [3.8, 4) is 5.88 Å². The van der Waals surface area contributed by atoms with Crippen LogP contribution in [0.2, 0.25) is 0 Å². The van der Waals surface area contributed by atoms with Crippen LogP contribution in [-0.4, -0.2) is 65.4 Å². The van der Waals surface area contributed by atoms with E-state index in [9.17, 15) is 9.59 Å². The number of pyridine rings is 1. The second-order valence-corrected chi connectivity index (χ2v) is 7.06. The Bertz CT molecular complexity index is 606. The largest absolute Gasteiger partial charge is 0.468 e. The van der Waals surface area contributed by atoms with E-state index >= 15 is 0 Å². The highest BCUT2D eigenvalue weighted by atomic mass is 16.5. The lowest BCUT2D eigenvalue weighted by Gasteiger charge is -2.40. The molecule has 1 aliphatic heterocycles. The number of hydrogen-bond donors (Lipinski definition) is 1. The smallest absolute Gasteiger partial charge is 0.260 e. The molecule has 3 rings (SSSR count). The molecule has 0 radical (unpaired) electrons. The molecule has 7 heteroatoms. The van der Waals surface area contributed by atoms with Crippen LogP contribution in [0.15, 0.2) is 18.3 Å². The van der Waals surface area contributed by atoms with E-state index in [0.29, 0.717) is 17.6 Å². The number of ether oxygens (including phenoxy) is 1. The first kappa shape index (κ1) is 18.6. The van der Waals surface area contributed by atoms with Crippen molar-refractivity contribution in [3.05, 3.63) is 18.3 Å². The van der Waals surface area contributed by atoms with E-state index in [4.69, 9.17) is 4.74 Å². The van der Waals surface area contributed by atoms with Gasteiger partial charge in [-0.1, -0.05) is 19.3 Å². The van der Waals surface area contributed by atoms with Gasteiger partial charge in [-0.05, 0) is 18.9 Å². The summed E-state index contributed by atoms with van der Waals surface area (Å²) in [6.07, 6.45) is 8.17. The van der Waals surface area contributed by atoms with Crippen LogP contribution in [0.1, 0.15) is 39.0 Å². The van der Waals surface area contributed by atoms with Gasteiger partial charge < -0.3 is 15.0 Å². The fourth-order valence-electron chi connectivity index (χ4n) is 3.75. The normalized spacial score (nSPS) is 19.2. The first-order chi connectivity index (χ1) is 12.6. The van der Waals surface area contributed by atoms with Crippen LogP contribution >= 0.6 is 0 Å². The van der Waals surface area contributed by atoms with E-state index in [0.717, 1.165) is 26.2 Å². The Morgan fingerprint density at radius 2 is 1.88 bits per heavy atom. The first-order valence-electron chi connectivity index (χ1n) is 9.50. The van der Waals surface area contributed by atoms with Gasteiger partial charge in [-0.15, -0.1) is 0 Å². The van der Waals surface area contributed by atoms with Crippen LogP contribution in [0.5, 0.6) is 5.88 Å². The number of amides is 2. The molecule has 0 bridgehead atoms. The fraction of sp³-hybridized carbons (Fsp3) is 0.632. The van der Waals surface area contributed by atoms with Crippen molar-refractivity contribution in [1.29, 1.82) is 0 Å². The molecule has 1 N–H and O–H groups in total. The Hall–Kier alpha value is -2.15. The summed E-state index contributed by atoms with van der Waals surface area (Å²) >= 11 is 0. The van der Waals surface area contributed by atoms with Crippen LogP contribution < -0.4 is 10.1 Å². The van der Waals surface area contributed by atoms with Gasteiger partial charge in [0, 0.05) is 45.2 Å². The van der Waals surface area contributed by atoms with Crippen molar-refractivity contribution < 1.29 is 14.3 Å². The van der Waals surface area contributed by atoms with Crippen molar-refractivity contribution in [1.82, 2.24) is 14.8 Å². The van der Waals surface area contributed by atoms with E-state index in [-0.39, 0.29) is 18.4 Å². The summed E-state index contributed by atoms with van der Waals surface area (Å²) < 4.78 is 5.50. The summed E-state index contributed by atoms with van der Waals surface area (Å²) in [6.45, 7) is 4.90. The lowest BCUT2D eigenvalue weighted by atomic mass is 9.94. The molecule has 1 aromatic rings. The molecular formula is C19H28N4O3. The maximum absolute atomic E-state index is 12.4. The van der Waals surface area contributed by atoms with E-state index in [1.165, 1.54) is 45.2 Å². The number of nitrogens with zero attached hydrogens (tertiary/aromatic N) is 3. The molecule has 0 atom stereocenters. The van der Waals surface area contributed by atoms with Crippen molar-refractivity contribution >= 4 is 17.5 Å². The summed E-state index contributed by atoms with van der Waals surface area (Å²) in [6, 6.07) is 4.07. The Balaban J connectivity index is 1.40. The summed E-state index contributed by atoms with van der Waals surface area (Å²) in [5, 5.41) is 2.64. The van der Waals surface area contributed by atoms with Gasteiger partial charge in [0.05, 0.1) is 11.9 Å². The number of nitrogens with one attached hydrogen (secondary N) is 1. The Labute approximate surface area is 154 Å². The van der Waals surface area contributed by atoms with Crippen molar-refractivity contribution in [2.24, 2.45) is 0 Å². The Kier molecular flexibility index (Phi) is 6.44. The lowest BCUT2D eigenvalue weighted by molar-refractivity contribution is -0.135. The standard InChI is InChI=1S/C19H28N4O3/c1-15(24)21-16-7-8-18(20-13-16)26-14-19(25)23-11-9-22(10-12-23)17-5-3-2-4-6-17/h7-8,13,17H,2-6,9-12,14H2,1H3,(H,21,24). The van der Waals surface area contributed by atoms with Crippen molar-refractivity contribution in [2.45, 2.75) is 45.1 Å². The molecule has 2 aliphatic rings. The van der Waals surface area contributed by atoms with Gasteiger partial charge in [0.2, 0.25) is 11.8 Å². The zero-order valence-corrected chi connectivity index (χ0v) is 15.4. The molecule has 0 spiro atoms. The minimum Gasteiger partial charge on any atom is -0.468 e. The number of anilines is 1. The van der Waals surface area contributed by atoms with Gasteiger partial charge in [-0.3, -0.25) is 14.5 Å². The number of aromatic nitrogens is 1. The van der Waals surface area contributed by atoms with Gasteiger partial charge in [0.15, 0.2) is 6.61 Å². The third-order valence-electron chi connectivity index (χ3n) is 5.16. The van der Waals surface area contributed by atoms with E-state index in [1.807, 2.05) is 4.90 Å². The number of hydrogen-bond acceptors (Lipinski definition) is 5. The number of carbonyl (C=O) groups excluding carboxylic acids is 2. The molecule has 7 nitrogen and oxygen atoms in total. The SMILES string of the molecule is CC(=O)Nc1ccc(OCC(=O)N2CCN(C3CCCCC3)CC2)nc1. The molecule has 2 heterocycles. The predicted molar refractivity (Wildman–Crippen MR) is 99.1 cm³/mol. The quantitative estimate of drug-likeness (QED) is 0.868. The molecule has 26 heavy (non-hydrogen) atoms. The van der Waals surface area contributed by atoms with Crippen LogP contribution in [0.25, 0.3) is 0 Å². The molecule has 1 saturated heterocycles. The Morgan fingerprint density at radius 3 is 2.50 bits per heavy atom. The summed E-state index contributed by atoms with van der Waals surface area (Å²) in [5.41, 5.74) is 0.606. The monoisotopic (exact) mass is 360 g/mol. The minimum atomic E-state index is -0.150. The maximum atomic E-state index is 12.4. The maximum Gasteiger partial charge on any atom is 0.260 e. The molecule has 1 aromatic heterocycles. The second kappa shape index (κ2) is 8.98. The second-order valence-electron chi connectivity index (χ2n) is 7.06. The van der Waals surface area contributed by atoms with Crippen molar-refractivity contribution in [2.75, 3.05) is 38.1 Å². The van der Waals surface area contributed by atoms with Crippen LogP contribution in [-0.2, 0) is 9.59 Å². The third kappa shape index (κ3) is 5.17. The highest BCUT2D eigenvalue weighted by Gasteiger charge is 2.27. The number of rotatable bonds is 5. The van der Waals surface area contributed by atoms with Crippen LogP contribution in [0, 0.1) is 0 Å². The molecule has 2 fully saturated rings. The molecular weight excluding hydrogens is 332 g/mol. The average Bonchev–Trinajstić information content (AvgIpc) is 2.67. The molecule has 0 aromatic carbocycles. The zero-order valence-electron chi connectivity index (χ0n) is 15.4. The molecule has 2 amide bonds. The predicted octanol–water partition coefficient (Wildman–Crippen LogP) is 1.90. The third-order valence-corrected chi connectivity index (χ3v) is 5.16. The topological polar surface area (TPSA) is 74.8 Å². The fourth-order valence-corrected chi connectivity index (χ4v) is 3.75. The number of carbonyl (C=O) groups is 2. The molecule has 1 saturated carbocycles. The summed E-state index contributed by atoms with van der Waals surface area (Å²) in [7, 11) is 0. The van der Waals surface area contributed by atoms with Crippen molar-refractivity contribution in [3.63, 3.8) is 0 Å². The number of piperazine rings is 1. The molecule has 142 valence electrons. The van der Waals surface area contributed by atoms with E-state index < -0.39 is 0 Å². The van der Waals surface area contributed by atoms with E-state index in [1.54, 1.807) is 12.1 Å². The molecule has 1 aliphatic carbocycles. The van der Waals surface area contributed by atoms with Gasteiger partial charge >= 0.3 is 0 Å². The molecule has 0 unspecified atom stereocenters. The van der Waals surface area contributed by atoms with Gasteiger partial charge in [0.1, 0.15) is 0 Å². The van der Waals surface area contributed by atoms with Gasteiger partial charge in [-0.2, -0.15) is 0 Å². The highest BCUT2D eigenvalue weighted by molar-refractivity contribution is 5.88. The van der Waals surface area contributed by atoms with E-state index in [2.05, 4.69) is 15.2 Å². The van der Waals surface area contributed by atoms with Crippen LogP contribution in [0.3, 0.4) is 0 Å². The first-order valence-corrected chi connectivity index (χ1v) is 9.50. The Morgan fingerprint density at radius 1 is 1.15 bits per heavy atom. The van der Waals surface area contributed by atoms with Gasteiger partial charge in [-0.25, -0.2) is 4.98 Å².